The van der Waals surface area contributed by atoms with E-state index in [2.05, 4.69) is 10.2 Å². The molecule has 1 saturated heterocycles. The van der Waals surface area contributed by atoms with E-state index in [4.69, 9.17) is 12.2 Å². The van der Waals surface area contributed by atoms with Crippen LogP contribution in [0.3, 0.4) is 0 Å². The maximum Gasteiger partial charge on any atom is 0.283 e. The zero-order valence-corrected chi connectivity index (χ0v) is 11.5. The summed E-state index contributed by atoms with van der Waals surface area (Å²) in [6.45, 7) is 3.18. The first kappa shape index (κ1) is 13.9. The second-order valence-electron chi connectivity index (χ2n) is 4.53. The Morgan fingerprint density at radius 3 is 2.53 bits per heavy atom. The number of thiocarbonyl (C=S) groups is 1. The Labute approximate surface area is 117 Å². The number of anilines is 1. The molecule has 2 rings (SSSR count). The van der Waals surface area contributed by atoms with Crippen molar-refractivity contribution in [3.05, 3.63) is 30.1 Å². The number of likely N-dealkylation sites (N-methyl/N-ethyl adjacent to an activating group) is 1. The summed E-state index contributed by atoms with van der Waals surface area (Å²) >= 11 is 5.15. The molecule has 1 N–H and O–H groups in total. The zero-order chi connectivity index (χ0) is 13.8. The Morgan fingerprint density at radius 1 is 1.26 bits per heavy atom. The largest absolute Gasteiger partial charge is 0.356 e. The summed E-state index contributed by atoms with van der Waals surface area (Å²) in [4.78, 5) is 16.2. The van der Waals surface area contributed by atoms with Gasteiger partial charge in [-0.15, -0.1) is 0 Å². The Morgan fingerprint density at radius 2 is 1.89 bits per heavy atom. The van der Waals surface area contributed by atoms with Crippen LogP contribution in [0.25, 0.3) is 0 Å². The molecule has 0 saturated carbocycles. The molecule has 0 spiro atoms. The van der Waals surface area contributed by atoms with Crippen LogP contribution in [0.15, 0.2) is 24.3 Å². The maximum atomic E-state index is 13.4. The van der Waals surface area contributed by atoms with Crippen LogP contribution in [0.4, 0.5) is 10.1 Å². The highest BCUT2D eigenvalue weighted by Gasteiger charge is 2.21. The Kier molecular flexibility index (Phi) is 4.44. The van der Waals surface area contributed by atoms with Gasteiger partial charge < -0.3 is 15.1 Å². The Bertz CT molecular complexity index is 487. The van der Waals surface area contributed by atoms with E-state index in [1.165, 1.54) is 12.1 Å². The van der Waals surface area contributed by atoms with Gasteiger partial charge in [-0.05, 0) is 19.2 Å². The van der Waals surface area contributed by atoms with Crippen molar-refractivity contribution < 1.29 is 9.18 Å². The van der Waals surface area contributed by atoms with E-state index in [0.717, 1.165) is 26.2 Å². The van der Waals surface area contributed by atoms with Crippen LogP contribution in [0, 0.1) is 5.82 Å². The molecule has 0 aromatic heterocycles. The van der Waals surface area contributed by atoms with Crippen LogP contribution in [0.5, 0.6) is 0 Å². The summed E-state index contributed by atoms with van der Waals surface area (Å²) in [5.74, 6) is -0.887. The third-order valence-corrected chi connectivity index (χ3v) is 3.55. The van der Waals surface area contributed by atoms with Crippen molar-refractivity contribution in [1.82, 2.24) is 9.80 Å². The average molecular weight is 281 g/mol. The van der Waals surface area contributed by atoms with Gasteiger partial charge in [0.15, 0.2) is 4.99 Å². The number of piperazine rings is 1. The molecule has 0 unspecified atom stereocenters. The van der Waals surface area contributed by atoms with Gasteiger partial charge in [0.1, 0.15) is 5.82 Å². The van der Waals surface area contributed by atoms with Gasteiger partial charge in [-0.2, -0.15) is 0 Å². The van der Waals surface area contributed by atoms with Gasteiger partial charge in [0.25, 0.3) is 5.91 Å². The van der Waals surface area contributed by atoms with Crippen LogP contribution in [-0.2, 0) is 4.79 Å². The number of nitrogens with zero attached hydrogens (tertiary/aromatic N) is 2. The maximum absolute atomic E-state index is 13.4. The minimum Gasteiger partial charge on any atom is -0.356 e. The molecule has 102 valence electrons. The lowest BCUT2D eigenvalue weighted by Gasteiger charge is -2.33. The first-order chi connectivity index (χ1) is 9.08. The minimum atomic E-state index is -0.461. The molecule has 1 heterocycles. The van der Waals surface area contributed by atoms with Crippen molar-refractivity contribution in [3.63, 3.8) is 0 Å². The van der Waals surface area contributed by atoms with Crippen molar-refractivity contribution in [2.45, 2.75) is 0 Å². The fourth-order valence-corrected chi connectivity index (χ4v) is 2.13. The summed E-state index contributed by atoms with van der Waals surface area (Å²) in [5.41, 5.74) is 0.156. The summed E-state index contributed by atoms with van der Waals surface area (Å²) < 4.78 is 13.4. The number of carbonyl (C=O) groups excluding carboxylic acids is 1. The second kappa shape index (κ2) is 6.08. The summed E-state index contributed by atoms with van der Waals surface area (Å²) in [5, 5.41) is 2.51. The van der Waals surface area contributed by atoms with Crippen molar-refractivity contribution in [3.8, 4) is 0 Å². The van der Waals surface area contributed by atoms with Gasteiger partial charge in [-0.25, -0.2) is 4.39 Å². The number of benzene rings is 1. The normalized spacial score (nSPS) is 16.2. The predicted octanol–water partition coefficient (Wildman–Crippen LogP) is 1.34. The molecule has 0 aliphatic carbocycles. The van der Waals surface area contributed by atoms with Gasteiger partial charge in [0, 0.05) is 26.2 Å². The van der Waals surface area contributed by atoms with E-state index in [-0.39, 0.29) is 10.7 Å². The molecule has 0 radical (unpaired) electrons. The predicted molar refractivity (Wildman–Crippen MR) is 76.7 cm³/mol. The minimum absolute atomic E-state index is 0.156. The molecular formula is C13H16FN3OS. The van der Waals surface area contributed by atoms with Gasteiger partial charge in [-0.1, -0.05) is 24.4 Å². The van der Waals surface area contributed by atoms with Crippen LogP contribution >= 0.6 is 12.2 Å². The van der Waals surface area contributed by atoms with Gasteiger partial charge in [0.2, 0.25) is 0 Å². The molecular weight excluding hydrogens is 265 g/mol. The lowest BCUT2D eigenvalue weighted by molar-refractivity contribution is -0.110. The third-order valence-electron chi connectivity index (χ3n) is 3.11. The molecule has 1 fully saturated rings. The molecule has 1 aliphatic rings. The number of para-hydroxylation sites is 1. The molecule has 6 heteroatoms. The fraction of sp³-hybridized carbons (Fsp3) is 0.385. The van der Waals surface area contributed by atoms with Crippen LogP contribution in [0.2, 0.25) is 0 Å². The molecule has 0 atom stereocenters. The average Bonchev–Trinajstić information content (AvgIpc) is 2.41. The van der Waals surface area contributed by atoms with Crippen LogP contribution in [0.1, 0.15) is 0 Å². The number of rotatable bonds is 1. The molecule has 4 nitrogen and oxygen atoms in total. The lowest BCUT2D eigenvalue weighted by atomic mass is 10.3. The van der Waals surface area contributed by atoms with Gasteiger partial charge in [0.05, 0.1) is 5.69 Å². The number of halogens is 1. The Hall–Kier alpha value is -1.53. The van der Waals surface area contributed by atoms with Gasteiger partial charge in [-0.3, -0.25) is 4.79 Å². The molecule has 1 aromatic rings. The number of carbonyl (C=O) groups is 1. The van der Waals surface area contributed by atoms with Gasteiger partial charge >= 0.3 is 0 Å². The molecule has 1 aromatic carbocycles. The van der Waals surface area contributed by atoms with E-state index in [1.54, 1.807) is 12.1 Å². The monoisotopic (exact) mass is 281 g/mol. The molecule has 1 aliphatic heterocycles. The van der Waals surface area contributed by atoms with E-state index in [0.29, 0.717) is 0 Å². The molecule has 0 bridgehead atoms. The lowest BCUT2D eigenvalue weighted by Crippen LogP contribution is -2.49. The topological polar surface area (TPSA) is 35.6 Å². The smallest absolute Gasteiger partial charge is 0.283 e. The first-order valence-electron chi connectivity index (χ1n) is 6.11. The van der Waals surface area contributed by atoms with Crippen molar-refractivity contribution in [1.29, 1.82) is 0 Å². The first-order valence-corrected chi connectivity index (χ1v) is 6.52. The molecule has 1 amide bonds. The van der Waals surface area contributed by atoms with E-state index < -0.39 is 11.7 Å². The number of hydrogen-bond donors (Lipinski definition) is 1. The van der Waals surface area contributed by atoms with Crippen LogP contribution in [-0.4, -0.2) is 53.9 Å². The van der Waals surface area contributed by atoms with Crippen molar-refractivity contribution in [2.24, 2.45) is 0 Å². The fourth-order valence-electron chi connectivity index (χ4n) is 1.89. The van der Waals surface area contributed by atoms with E-state index >= 15 is 0 Å². The summed E-state index contributed by atoms with van der Waals surface area (Å²) in [6, 6.07) is 6.05. The summed E-state index contributed by atoms with van der Waals surface area (Å²) in [7, 11) is 2.03. The highest BCUT2D eigenvalue weighted by atomic mass is 32.1. The van der Waals surface area contributed by atoms with E-state index in [1.807, 2.05) is 11.9 Å². The van der Waals surface area contributed by atoms with E-state index in [9.17, 15) is 9.18 Å². The number of amides is 1. The number of hydrogen-bond acceptors (Lipinski definition) is 3. The molecule has 19 heavy (non-hydrogen) atoms. The SMILES string of the molecule is CN1CCN(C(=S)C(=O)Nc2ccccc2F)CC1. The zero-order valence-electron chi connectivity index (χ0n) is 10.7. The summed E-state index contributed by atoms with van der Waals surface area (Å²) in [6.07, 6.45) is 0. The van der Waals surface area contributed by atoms with Crippen molar-refractivity contribution >= 4 is 28.8 Å². The highest BCUT2D eigenvalue weighted by molar-refractivity contribution is 7.82. The quantitative estimate of drug-likeness (QED) is 0.788. The third kappa shape index (κ3) is 3.48. The Balaban J connectivity index is 1.96. The van der Waals surface area contributed by atoms with Crippen LogP contribution < -0.4 is 5.32 Å². The van der Waals surface area contributed by atoms with Crippen molar-refractivity contribution in [2.75, 3.05) is 38.5 Å². The highest BCUT2D eigenvalue weighted by Crippen LogP contribution is 2.13. The number of nitrogens with one attached hydrogen (secondary N) is 1. The second-order valence-corrected chi connectivity index (χ2v) is 4.92. The standard InChI is InChI=1S/C13H16FN3OS/c1-16-6-8-17(9-7-16)13(19)12(18)15-11-5-3-2-4-10(11)14/h2-5H,6-9H2,1H3,(H,15,18).